The molecule has 0 aliphatic carbocycles. The highest BCUT2D eigenvalue weighted by atomic mass is 32.2. The Hall–Kier alpha value is -2.62. The van der Waals surface area contributed by atoms with Crippen LogP contribution in [-0.4, -0.2) is 65.6 Å². The van der Waals surface area contributed by atoms with Crippen molar-refractivity contribution in [2.75, 3.05) is 56.6 Å². The van der Waals surface area contributed by atoms with E-state index in [9.17, 15) is 13.2 Å². The lowest BCUT2D eigenvalue weighted by molar-refractivity contribution is -0.116. The minimum absolute atomic E-state index is 0.0731. The molecular formula is C24H34N4O4S. The van der Waals surface area contributed by atoms with Crippen molar-refractivity contribution in [3.8, 4) is 5.75 Å². The standard InChI is InChI=1S/C24H34N4O4S/c1-3-5-24(29)26-20-6-12-23(13-7-20)33(30,31)25-14-4-15-27-16-18-28(19-17-27)21-8-10-22(32-2)11-9-21/h6-13,25H,3-5,14-19H2,1-2H3,(H,26,29). The molecule has 2 aromatic rings. The molecule has 3 rings (SSSR count). The average molecular weight is 475 g/mol. The molecule has 2 N–H and O–H groups in total. The summed E-state index contributed by atoms with van der Waals surface area (Å²) in [7, 11) is -1.90. The lowest BCUT2D eigenvalue weighted by Crippen LogP contribution is -2.47. The van der Waals surface area contributed by atoms with Crippen molar-refractivity contribution >= 4 is 27.3 Å². The van der Waals surface area contributed by atoms with Crippen LogP contribution >= 0.6 is 0 Å². The maximum atomic E-state index is 12.5. The number of ether oxygens (including phenoxy) is 1. The topological polar surface area (TPSA) is 91.0 Å². The monoisotopic (exact) mass is 474 g/mol. The summed E-state index contributed by atoms with van der Waals surface area (Å²) in [5, 5.41) is 2.76. The van der Waals surface area contributed by atoms with E-state index < -0.39 is 10.0 Å². The van der Waals surface area contributed by atoms with Gasteiger partial charge in [-0.3, -0.25) is 9.69 Å². The first-order valence-corrected chi connectivity index (χ1v) is 12.9. The van der Waals surface area contributed by atoms with Gasteiger partial charge < -0.3 is 15.0 Å². The largest absolute Gasteiger partial charge is 0.497 e. The molecule has 0 saturated carbocycles. The van der Waals surface area contributed by atoms with Crippen LogP contribution in [0.2, 0.25) is 0 Å². The van der Waals surface area contributed by atoms with E-state index >= 15 is 0 Å². The number of amides is 1. The molecule has 1 aliphatic rings. The summed E-state index contributed by atoms with van der Waals surface area (Å²) in [4.78, 5) is 16.6. The van der Waals surface area contributed by atoms with Crippen LogP contribution in [0.5, 0.6) is 5.75 Å². The Bertz CT molecular complexity index is 986. The molecule has 1 saturated heterocycles. The van der Waals surface area contributed by atoms with Crippen molar-refractivity contribution < 1.29 is 17.9 Å². The van der Waals surface area contributed by atoms with E-state index in [1.54, 1.807) is 19.2 Å². The molecule has 9 heteroatoms. The number of methoxy groups -OCH3 is 1. The minimum Gasteiger partial charge on any atom is -0.497 e. The van der Waals surface area contributed by atoms with E-state index in [0.717, 1.165) is 51.3 Å². The first-order chi connectivity index (χ1) is 15.9. The van der Waals surface area contributed by atoms with E-state index in [-0.39, 0.29) is 10.8 Å². The molecule has 1 fully saturated rings. The lowest BCUT2D eigenvalue weighted by atomic mass is 10.2. The molecule has 33 heavy (non-hydrogen) atoms. The maximum absolute atomic E-state index is 12.5. The van der Waals surface area contributed by atoms with Crippen LogP contribution in [0.4, 0.5) is 11.4 Å². The number of nitrogens with zero attached hydrogens (tertiary/aromatic N) is 2. The molecule has 1 amide bonds. The predicted octanol–water partition coefficient (Wildman–Crippen LogP) is 2.92. The average Bonchev–Trinajstić information content (AvgIpc) is 2.83. The van der Waals surface area contributed by atoms with E-state index in [4.69, 9.17) is 4.74 Å². The van der Waals surface area contributed by atoms with Crippen molar-refractivity contribution in [1.29, 1.82) is 0 Å². The third-order valence-corrected chi connectivity index (χ3v) is 7.16. The van der Waals surface area contributed by atoms with Gasteiger partial charge in [-0.05, 0) is 67.9 Å². The number of carbonyl (C=O) groups excluding carboxylic acids is 1. The number of piperazine rings is 1. The molecule has 0 atom stereocenters. The van der Waals surface area contributed by atoms with Gasteiger partial charge in [0.05, 0.1) is 12.0 Å². The highest BCUT2D eigenvalue weighted by Crippen LogP contribution is 2.20. The summed E-state index contributed by atoms with van der Waals surface area (Å²) in [6, 6.07) is 14.4. The van der Waals surface area contributed by atoms with E-state index in [0.29, 0.717) is 18.7 Å². The zero-order chi connectivity index (χ0) is 23.7. The van der Waals surface area contributed by atoms with Crippen LogP contribution in [0, 0.1) is 0 Å². The maximum Gasteiger partial charge on any atom is 0.240 e. The summed E-state index contributed by atoms with van der Waals surface area (Å²) >= 11 is 0. The Labute approximate surface area is 197 Å². The number of sulfonamides is 1. The Kier molecular flexibility index (Phi) is 9.11. The van der Waals surface area contributed by atoms with Crippen LogP contribution in [0.1, 0.15) is 26.2 Å². The second kappa shape index (κ2) is 12.0. The van der Waals surface area contributed by atoms with Gasteiger partial charge in [-0.1, -0.05) is 6.92 Å². The van der Waals surface area contributed by atoms with Gasteiger partial charge in [-0.25, -0.2) is 13.1 Å². The molecule has 0 radical (unpaired) electrons. The third-order valence-electron chi connectivity index (χ3n) is 5.68. The first kappa shape index (κ1) is 25.0. The smallest absolute Gasteiger partial charge is 0.240 e. The molecular weight excluding hydrogens is 440 g/mol. The second-order valence-corrected chi connectivity index (χ2v) is 9.87. The molecule has 0 unspecified atom stereocenters. The first-order valence-electron chi connectivity index (χ1n) is 11.4. The molecule has 0 aromatic heterocycles. The third kappa shape index (κ3) is 7.45. The molecule has 1 heterocycles. The molecule has 2 aromatic carbocycles. The fourth-order valence-corrected chi connectivity index (χ4v) is 4.86. The second-order valence-electron chi connectivity index (χ2n) is 8.10. The van der Waals surface area contributed by atoms with E-state index in [1.165, 1.54) is 17.8 Å². The van der Waals surface area contributed by atoms with Crippen LogP contribution in [0.25, 0.3) is 0 Å². The Morgan fingerprint density at radius 2 is 1.67 bits per heavy atom. The van der Waals surface area contributed by atoms with Crippen LogP contribution in [0.15, 0.2) is 53.4 Å². The summed E-state index contributed by atoms with van der Waals surface area (Å²) in [6.45, 7) is 6.95. The summed E-state index contributed by atoms with van der Waals surface area (Å²) in [5.41, 5.74) is 1.79. The molecule has 0 spiro atoms. The summed E-state index contributed by atoms with van der Waals surface area (Å²) < 4.78 is 33.0. The number of hydrogen-bond acceptors (Lipinski definition) is 6. The molecule has 8 nitrogen and oxygen atoms in total. The minimum atomic E-state index is -3.57. The highest BCUT2D eigenvalue weighted by molar-refractivity contribution is 7.89. The summed E-state index contributed by atoms with van der Waals surface area (Å²) in [5.74, 6) is 0.783. The quantitative estimate of drug-likeness (QED) is 0.487. The van der Waals surface area contributed by atoms with Crippen LogP contribution in [0.3, 0.4) is 0 Å². The van der Waals surface area contributed by atoms with Crippen LogP contribution < -0.4 is 19.7 Å². The number of hydrogen-bond donors (Lipinski definition) is 2. The number of benzene rings is 2. The van der Waals surface area contributed by atoms with Crippen molar-refractivity contribution in [2.24, 2.45) is 0 Å². The Balaban J connectivity index is 1.38. The van der Waals surface area contributed by atoms with Gasteiger partial charge in [0.2, 0.25) is 15.9 Å². The molecule has 1 aliphatic heterocycles. The SMILES string of the molecule is CCCC(=O)Nc1ccc(S(=O)(=O)NCCCN2CCN(c3ccc(OC)cc3)CC2)cc1. The predicted molar refractivity (Wildman–Crippen MR) is 131 cm³/mol. The van der Waals surface area contributed by atoms with Gasteiger partial charge in [0.25, 0.3) is 0 Å². The van der Waals surface area contributed by atoms with Crippen molar-refractivity contribution in [3.05, 3.63) is 48.5 Å². The van der Waals surface area contributed by atoms with Gasteiger partial charge in [-0.2, -0.15) is 0 Å². The van der Waals surface area contributed by atoms with Crippen molar-refractivity contribution in [3.63, 3.8) is 0 Å². The van der Waals surface area contributed by atoms with Crippen molar-refractivity contribution in [1.82, 2.24) is 9.62 Å². The fourth-order valence-electron chi connectivity index (χ4n) is 3.78. The normalized spacial score (nSPS) is 14.8. The zero-order valence-electron chi connectivity index (χ0n) is 19.4. The highest BCUT2D eigenvalue weighted by Gasteiger charge is 2.18. The number of nitrogens with one attached hydrogen (secondary N) is 2. The number of rotatable bonds is 11. The van der Waals surface area contributed by atoms with Crippen LogP contribution in [-0.2, 0) is 14.8 Å². The van der Waals surface area contributed by atoms with Gasteiger partial charge in [-0.15, -0.1) is 0 Å². The van der Waals surface area contributed by atoms with Crippen molar-refractivity contribution in [2.45, 2.75) is 31.1 Å². The zero-order valence-corrected chi connectivity index (χ0v) is 20.2. The molecule has 180 valence electrons. The van der Waals surface area contributed by atoms with Gasteiger partial charge >= 0.3 is 0 Å². The van der Waals surface area contributed by atoms with Gasteiger partial charge in [0.15, 0.2) is 0 Å². The fraction of sp³-hybridized carbons (Fsp3) is 0.458. The Morgan fingerprint density at radius 1 is 1.00 bits per heavy atom. The Morgan fingerprint density at radius 3 is 2.27 bits per heavy atom. The van der Waals surface area contributed by atoms with E-state index in [2.05, 4.69) is 32.0 Å². The van der Waals surface area contributed by atoms with Gasteiger partial charge in [0.1, 0.15) is 5.75 Å². The van der Waals surface area contributed by atoms with Gasteiger partial charge in [0, 0.05) is 50.5 Å². The lowest BCUT2D eigenvalue weighted by Gasteiger charge is -2.36. The summed E-state index contributed by atoms with van der Waals surface area (Å²) in [6.07, 6.45) is 1.95. The number of carbonyl (C=O) groups is 1. The molecule has 0 bridgehead atoms. The number of anilines is 2. The van der Waals surface area contributed by atoms with E-state index in [1.807, 2.05) is 19.1 Å².